The maximum absolute atomic E-state index is 14.9. The summed E-state index contributed by atoms with van der Waals surface area (Å²) < 4.78 is 0. The van der Waals surface area contributed by atoms with E-state index in [4.69, 9.17) is 17.2 Å². The molecule has 3 aliphatic rings. The third-order valence-corrected chi connectivity index (χ3v) is 21.3. The monoisotopic (exact) mass is 1680 g/mol. The lowest BCUT2D eigenvalue weighted by Gasteiger charge is -2.29. The Balaban J connectivity index is 3.28. The summed E-state index contributed by atoms with van der Waals surface area (Å²) in [6.45, 7) is 13.3. The lowest BCUT2D eigenvalue weighted by molar-refractivity contribution is -0.143. The van der Waals surface area contributed by atoms with Gasteiger partial charge in [-0.1, -0.05) is 98.6 Å². The largest absolute Gasteiger partial charge is 0.481 e. The van der Waals surface area contributed by atoms with Crippen LogP contribution in [0.2, 0.25) is 0 Å². The molecule has 113 heavy (non-hydrogen) atoms. The quantitative estimate of drug-likeness (QED) is 0.0256. The van der Waals surface area contributed by atoms with E-state index in [2.05, 4.69) is 74.4 Å². The van der Waals surface area contributed by atoms with Gasteiger partial charge in [-0.15, -0.1) is 0 Å². The van der Waals surface area contributed by atoms with E-state index in [9.17, 15) is 126 Å². The predicted molar refractivity (Wildman–Crippen MR) is 405 cm³/mol. The number of hydrogen-bond acceptors (Lipinski definition) is 27. The van der Waals surface area contributed by atoms with Crippen LogP contribution in [0.25, 0.3) is 0 Å². The number of fused-ring (bicyclic) bond motifs is 37. The first-order valence-electron chi connectivity index (χ1n) is 35.5. The molecule has 0 spiro atoms. The fourth-order valence-electron chi connectivity index (χ4n) is 10.4. The zero-order chi connectivity index (χ0) is 86.0. The number of carboxylic acids is 4. The molecule has 3 rings (SSSR count). The van der Waals surface area contributed by atoms with Gasteiger partial charge in [0.05, 0.1) is 38.0 Å². The molecule has 0 saturated carbocycles. The molecule has 0 aromatic carbocycles. The van der Waals surface area contributed by atoms with Crippen molar-refractivity contribution in [3.8, 4) is 0 Å². The standard InChI is InChI=1S/C65H104N18O26S4/c1-25(2)15-34-55(98)80-41-24-113-110-21-38(58(101)77-37(65(108)109)16-26(3)4)71-44(87)20-69-62(105)50(30(10)84)83-61(104)40(78-51(94)29(9)70-63(106)48(27(5)6)81-57(100)35(18-43(68)86)76-64(107)49(28(7)8)82-60(41)103)23-112-111-22-39(59(102)73-32(53(96)75-34)11-13-45(88)89)79-54(97)33(12-14-46(90)91)72-56(99)36(19-47(92)93)74-52(95)31(66)17-42(67)85/h25-41,48-50,84H,11-24,66H2,1-10H3,(H2,67,85)(H2,68,86)(H,69,105)(H,70,106)(H,71,87)(H,72,99)(H,73,102)(H,74,95)(H,75,96)(H,76,107)(H,77,101)(H,78,94)(H,79,97)(H,80,98)(H,81,100)(H,82,103)(H,83,104)(H,88,89)(H,90,91)(H,92,93)(H,108,109)/t29-,30?,31-,32+,33-,34+,35+,36-,37-,38+,39+,40+,41-,48+,49+,50-/m0/s1. The van der Waals surface area contributed by atoms with Gasteiger partial charge in [0.25, 0.3) is 0 Å². The van der Waals surface area contributed by atoms with Crippen molar-refractivity contribution in [3.05, 3.63) is 0 Å². The van der Waals surface area contributed by atoms with Crippen LogP contribution in [-0.4, -0.2) is 276 Å². The van der Waals surface area contributed by atoms with Crippen molar-refractivity contribution in [1.82, 2.24) is 79.8 Å². The van der Waals surface area contributed by atoms with Crippen LogP contribution in [0, 0.1) is 23.7 Å². The molecule has 0 radical (unpaired) electrons. The number of amides is 17. The average molecular weight is 1680 g/mol. The Bertz CT molecular complexity index is 3490. The van der Waals surface area contributed by atoms with Crippen molar-refractivity contribution in [2.75, 3.05) is 29.6 Å². The molecule has 3 aliphatic heterocycles. The fourth-order valence-corrected chi connectivity index (χ4v) is 15.0. The minimum absolute atomic E-state index is 0.111. The second kappa shape index (κ2) is 49.0. The Labute approximate surface area is 664 Å². The lowest BCUT2D eigenvalue weighted by atomic mass is 10.00. The smallest absolute Gasteiger partial charge is 0.326 e. The summed E-state index contributed by atoms with van der Waals surface area (Å²) in [6.07, 6.45) is -8.77. The number of nitrogens with one attached hydrogen (secondary N) is 15. The van der Waals surface area contributed by atoms with Gasteiger partial charge in [0.1, 0.15) is 84.6 Å². The number of carboxylic acid groups (broad SMARTS) is 4. The van der Waals surface area contributed by atoms with Crippen LogP contribution in [0.5, 0.6) is 0 Å². The first-order chi connectivity index (χ1) is 52.6. The van der Waals surface area contributed by atoms with E-state index in [1.54, 1.807) is 27.7 Å². The highest BCUT2D eigenvalue weighted by atomic mass is 33.1. The molecule has 0 aliphatic carbocycles. The molecule has 1 unspecified atom stereocenters. The average Bonchev–Trinajstić information content (AvgIpc) is 0.954. The first-order valence-corrected chi connectivity index (χ1v) is 40.5. The minimum atomic E-state index is -2.11. The molecule has 3 heterocycles. The summed E-state index contributed by atoms with van der Waals surface area (Å²) in [4.78, 5) is 288. The van der Waals surface area contributed by atoms with Crippen molar-refractivity contribution >= 4 is 167 Å². The summed E-state index contributed by atoms with van der Waals surface area (Å²) in [5.74, 6) is -32.5. The third kappa shape index (κ3) is 36.7. The van der Waals surface area contributed by atoms with Crippen molar-refractivity contribution in [3.63, 3.8) is 0 Å². The van der Waals surface area contributed by atoms with E-state index in [1.165, 1.54) is 27.7 Å². The number of carbonyl (C=O) groups is 21. The van der Waals surface area contributed by atoms with Crippen LogP contribution in [0.1, 0.15) is 127 Å². The van der Waals surface area contributed by atoms with Gasteiger partial charge in [-0.2, -0.15) is 0 Å². The topological polar surface area (TPSA) is 718 Å². The van der Waals surface area contributed by atoms with Gasteiger partial charge in [-0.3, -0.25) is 95.9 Å². The van der Waals surface area contributed by atoms with Crippen LogP contribution in [0.15, 0.2) is 0 Å². The Kier molecular flexibility index (Phi) is 43.0. The number of primary amides is 2. The number of hydrogen-bond donors (Lipinski definition) is 23. The van der Waals surface area contributed by atoms with E-state index in [0.29, 0.717) is 21.6 Å². The zero-order valence-electron chi connectivity index (χ0n) is 63.6. The number of carbonyl (C=O) groups excluding carboxylic acids is 17. The van der Waals surface area contributed by atoms with Gasteiger partial charge in [0.2, 0.25) is 100 Å². The van der Waals surface area contributed by atoms with Crippen LogP contribution in [0.4, 0.5) is 0 Å². The maximum Gasteiger partial charge on any atom is 0.326 e. The highest BCUT2D eigenvalue weighted by molar-refractivity contribution is 8.77. The van der Waals surface area contributed by atoms with Crippen molar-refractivity contribution in [2.45, 2.75) is 224 Å². The Morgan fingerprint density at radius 2 is 0.965 bits per heavy atom. The number of aliphatic hydroxyl groups excluding tert-OH is 1. The van der Waals surface area contributed by atoms with E-state index < -0.39 is 313 Å². The summed E-state index contributed by atoms with van der Waals surface area (Å²) in [5, 5.41) is 85.4. The molecule has 634 valence electrons. The van der Waals surface area contributed by atoms with Gasteiger partial charge in [0.15, 0.2) is 0 Å². The highest BCUT2D eigenvalue weighted by Gasteiger charge is 2.41. The summed E-state index contributed by atoms with van der Waals surface area (Å²) >= 11 is 0. The summed E-state index contributed by atoms with van der Waals surface area (Å²) in [5.41, 5.74) is 16.4. The predicted octanol–water partition coefficient (Wildman–Crippen LogP) is -8.15. The summed E-state index contributed by atoms with van der Waals surface area (Å²) in [7, 11) is 2.59. The SMILES string of the molecule is CC(C)C[C@H](NC(=O)[C@H]1CSSC[C@@H]2NC(=O)[C@@H](CC(C)C)NC(=O)[C@@H](CCC(=O)O)NC(=O)[C@H](NC(=O)[C@H](CCC(=O)O)NC(=O)[C@H](CC(=O)O)NC(=O)[C@@H](N)CC(N)=O)CSSC[C@@H](NC(=O)[C@H](C)NC(=O)[C@@H](C(C)C)NC(=O)[C@@H](CC(N)=O)NC(=O)[C@@H](C(C)C)NC2=O)C(=O)N[C@@H](C(C)O)C(=O)NCC(=O)N1)C(=O)O. The molecular formula is C65H104N18O26S4. The van der Waals surface area contributed by atoms with Gasteiger partial charge >= 0.3 is 23.9 Å². The Hall–Kier alpha value is -9.81. The van der Waals surface area contributed by atoms with Gasteiger partial charge in [-0.25, -0.2) is 4.79 Å². The van der Waals surface area contributed by atoms with Gasteiger partial charge in [0, 0.05) is 35.9 Å². The van der Waals surface area contributed by atoms with E-state index in [-0.39, 0.29) is 18.8 Å². The minimum Gasteiger partial charge on any atom is -0.481 e. The van der Waals surface area contributed by atoms with Crippen LogP contribution in [0.3, 0.4) is 0 Å². The molecule has 3 fully saturated rings. The molecule has 26 N–H and O–H groups in total. The molecule has 48 heteroatoms. The van der Waals surface area contributed by atoms with Crippen molar-refractivity contribution in [1.29, 1.82) is 0 Å². The normalized spacial score (nSPS) is 24.5. The van der Waals surface area contributed by atoms with Crippen molar-refractivity contribution < 1.29 is 126 Å². The van der Waals surface area contributed by atoms with E-state index in [1.807, 2.05) is 5.32 Å². The molecule has 3 saturated heterocycles. The molecule has 16 atom stereocenters. The lowest BCUT2D eigenvalue weighted by Crippen LogP contribution is -2.62. The van der Waals surface area contributed by atoms with Gasteiger partial charge < -0.3 is 122 Å². The van der Waals surface area contributed by atoms with Crippen LogP contribution in [-0.2, 0) is 101 Å². The fraction of sp³-hybridized carbons (Fsp3) is 0.677. The number of aliphatic carboxylic acids is 4. The molecule has 0 aromatic rings. The zero-order valence-corrected chi connectivity index (χ0v) is 66.9. The second-order valence-electron chi connectivity index (χ2n) is 28.0. The van der Waals surface area contributed by atoms with Crippen molar-refractivity contribution in [2.24, 2.45) is 40.9 Å². The second-order valence-corrected chi connectivity index (χ2v) is 33.1. The van der Waals surface area contributed by atoms with Gasteiger partial charge in [-0.05, 0) is 63.2 Å². The summed E-state index contributed by atoms with van der Waals surface area (Å²) in [6, 6.07) is -27.7. The number of rotatable bonds is 28. The van der Waals surface area contributed by atoms with Crippen LogP contribution < -0.4 is 97.0 Å². The molecular weight excluding hydrogens is 1580 g/mol. The van der Waals surface area contributed by atoms with E-state index >= 15 is 0 Å². The number of nitrogens with two attached hydrogens (primary N) is 3. The van der Waals surface area contributed by atoms with E-state index in [0.717, 1.165) is 35.4 Å². The first kappa shape index (κ1) is 99.3. The Morgan fingerprint density at radius 1 is 0.469 bits per heavy atom. The third-order valence-electron chi connectivity index (χ3n) is 16.4. The molecule has 2 bridgehead atoms. The molecule has 0 aromatic heterocycles. The Morgan fingerprint density at radius 3 is 1.48 bits per heavy atom. The molecule has 17 amide bonds. The maximum atomic E-state index is 14.9. The van der Waals surface area contributed by atoms with Crippen LogP contribution >= 0.6 is 43.2 Å². The highest BCUT2D eigenvalue weighted by Crippen LogP contribution is 2.26. The number of aliphatic hydroxyl groups is 1. The molecule has 44 nitrogen and oxygen atoms in total.